The van der Waals surface area contributed by atoms with Gasteiger partial charge in [-0.1, -0.05) is 28.1 Å². The standard InChI is InChI=1S/C13H9BrFNO3/c14-10-3-6-12(16(17)18)13(7-10)19-8-9-1-4-11(15)5-2-9/h1-7H,8H2. The summed E-state index contributed by atoms with van der Waals surface area (Å²) >= 11 is 3.23. The van der Waals surface area contributed by atoms with Gasteiger partial charge >= 0.3 is 5.69 Å². The molecule has 19 heavy (non-hydrogen) atoms. The van der Waals surface area contributed by atoms with Crippen LogP contribution in [0.5, 0.6) is 5.75 Å². The predicted molar refractivity (Wildman–Crippen MR) is 71.5 cm³/mol. The van der Waals surface area contributed by atoms with Crippen LogP contribution in [0, 0.1) is 15.9 Å². The Morgan fingerprint density at radius 2 is 1.89 bits per heavy atom. The quantitative estimate of drug-likeness (QED) is 0.628. The van der Waals surface area contributed by atoms with Crippen molar-refractivity contribution in [2.75, 3.05) is 0 Å². The summed E-state index contributed by atoms with van der Waals surface area (Å²) in [5, 5.41) is 10.8. The Morgan fingerprint density at radius 3 is 2.53 bits per heavy atom. The van der Waals surface area contributed by atoms with Gasteiger partial charge in [-0.15, -0.1) is 0 Å². The van der Waals surface area contributed by atoms with E-state index in [-0.39, 0.29) is 23.9 Å². The van der Waals surface area contributed by atoms with Crippen LogP contribution in [0.3, 0.4) is 0 Å². The average Bonchev–Trinajstić information content (AvgIpc) is 2.38. The molecule has 2 aromatic rings. The number of ether oxygens (including phenoxy) is 1. The number of hydrogen-bond donors (Lipinski definition) is 0. The molecule has 0 unspecified atom stereocenters. The summed E-state index contributed by atoms with van der Waals surface area (Å²) in [7, 11) is 0. The van der Waals surface area contributed by atoms with E-state index in [1.807, 2.05) is 0 Å². The van der Waals surface area contributed by atoms with Crippen LogP contribution in [0.25, 0.3) is 0 Å². The molecule has 0 atom stereocenters. The van der Waals surface area contributed by atoms with Crippen molar-refractivity contribution in [1.82, 2.24) is 0 Å². The predicted octanol–water partition coefficient (Wildman–Crippen LogP) is 4.08. The van der Waals surface area contributed by atoms with Crippen molar-refractivity contribution in [3.8, 4) is 5.75 Å². The molecular formula is C13H9BrFNO3. The molecule has 4 nitrogen and oxygen atoms in total. The first-order valence-corrected chi connectivity index (χ1v) is 6.17. The highest BCUT2D eigenvalue weighted by Gasteiger charge is 2.15. The van der Waals surface area contributed by atoms with Gasteiger partial charge in [0.05, 0.1) is 4.92 Å². The van der Waals surface area contributed by atoms with Gasteiger partial charge in [-0.3, -0.25) is 10.1 Å². The van der Waals surface area contributed by atoms with Crippen molar-refractivity contribution in [2.24, 2.45) is 0 Å². The van der Waals surface area contributed by atoms with Crippen molar-refractivity contribution >= 4 is 21.6 Å². The number of benzene rings is 2. The normalized spacial score (nSPS) is 10.2. The van der Waals surface area contributed by atoms with E-state index in [0.29, 0.717) is 4.47 Å². The first-order chi connectivity index (χ1) is 9.06. The van der Waals surface area contributed by atoms with Crippen molar-refractivity contribution in [1.29, 1.82) is 0 Å². The fourth-order valence-corrected chi connectivity index (χ4v) is 1.84. The fraction of sp³-hybridized carbons (Fsp3) is 0.0769. The van der Waals surface area contributed by atoms with E-state index in [1.165, 1.54) is 24.3 Å². The monoisotopic (exact) mass is 325 g/mol. The fourth-order valence-electron chi connectivity index (χ4n) is 1.50. The van der Waals surface area contributed by atoms with Crippen LogP contribution in [0.2, 0.25) is 0 Å². The molecule has 0 heterocycles. The molecule has 0 spiro atoms. The third-order valence-electron chi connectivity index (χ3n) is 2.43. The van der Waals surface area contributed by atoms with Crippen LogP contribution in [0.4, 0.5) is 10.1 Å². The molecule has 0 aliphatic rings. The maximum absolute atomic E-state index is 12.7. The molecule has 0 radical (unpaired) electrons. The van der Waals surface area contributed by atoms with Gasteiger partial charge < -0.3 is 4.74 Å². The van der Waals surface area contributed by atoms with E-state index in [1.54, 1.807) is 18.2 Å². The lowest BCUT2D eigenvalue weighted by Crippen LogP contribution is -1.99. The molecule has 2 rings (SSSR count). The van der Waals surface area contributed by atoms with Gasteiger partial charge in [-0.2, -0.15) is 0 Å². The lowest BCUT2D eigenvalue weighted by molar-refractivity contribution is -0.386. The zero-order valence-electron chi connectivity index (χ0n) is 9.68. The SMILES string of the molecule is O=[N+]([O-])c1ccc(Br)cc1OCc1ccc(F)cc1. The van der Waals surface area contributed by atoms with E-state index in [0.717, 1.165) is 5.56 Å². The Morgan fingerprint density at radius 1 is 1.21 bits per heavy atom. The molecule has 0 bridgehead atoms. The van der Waals surface area contributed by atoms with Crippen molar-refractivity contribution in [3.05, 3.63) is 68.4 Å². The second kappa shape index (κ2) is 5.79. The Bertz CT molecular complexity index is 601. The lowest BCUT2D eigenvalue weighted by Gasteiger charge is -2.07. The third kappa shape index (κ3) is 3.51. The van der Waals surface area contributed by atoms with Crippen LogP contribution in [-0.2, 0) is 6.61 Å². The molecule has 0 N–H and O–H groups in total. The van der Waals surface area contributed by atoms with Gasteiger partial charge in [0.1, 0.15) is 12.4 Å². The van der Waals surface area contributed by atoms with Crippen molar-refractivity contribution in [3.63, 3.8) is 0 Å². The number of hydrogen-bond acceptors (Lipinski definition) is 3. The summed E-state index contributed by atoms with van der Waals surface area (Å²) in [6, 6.07) is 10.2. The van der Waals surface area contributed by atoms with Crippen LogP contribution < -0.4 is 4.74 Å². The molecule has 0 aliphatic heterocycles. The third-order valence-corrected chi connectivity index (χ3v) is 2.92. The number of nitrogens with zero attached hydrogens (tertiary/aromatic N) is 1. The highest BCUT2D eigenvalue weighted by molar-refractivity contribution is 9.10. The molecule has 0 fully saturated rings. The Labute approximate surface area is 117 Å². The summed E-state index contributed by atoms with van der Waals surface area (Å²) in [5.74, 6) is -0.166. The second-order valence-electron chi connectivity index (χ2n) is 3.78. The average molecular weight is 326 g/mol. The molecule has 0 aliphatic carbocycles. The summed E-state index contributed by atoms with van der Waals surface area (Å²) in [6.07, 6.45) is 0. The number of nitro benzene ring substituents is 1. The molecule has 0 saturated carbocycles. The van der Waals surface area contributed by atoms with Crippen LogP contribution >= 0.6 is 15.9 Å². The van der Waals surface area contributed by atoms with Gasteiger partial charge in [0.15, 0.2) is 5.75 Å². The van der Waals surface area contributed by atoms with Crippen molar-refractivity contribution in [2.45, 2.75) is 6.61 Å². The zero-order chi connectivity index (χ0) is 13.8. The number of rotatable bonds is 4. The summed E-state index contributed by atoms with van der Waals surface area (Å²) in [5.41, 5.74) is 0.626. The molecule has 0 amide bonds. The Hall–Kier alpha value is -1.95. The number of nitro groups is 1. The largest absolute Gasteiger partial charge is 0.482 e. The van der Waals surface area contributed by atoms with Crippen LogP contribution in [0.15, 0.2) is 46.9 Å². The van der Waals surface area contributed by atoms with E-state index in [4.69, 9.17) is 4.74 Å². The highest BCUT2D eigenvalue weighted by Crippen LogP contribution is 2.30. The molecule has 2 aromatic carbocycles. The van der Waals surface area contributed by atoms with Gasteiger partial charge in [-0.05, 0) is 23.8 Å². The minimum atomic E-state index is -0.508. The molecule has 0 aromatic heterocycles. The number of halogens is 2. The zero-order valence-corrected chi connectivity index (χ0v) is 11.3. The summed E-state index contributed by atoms with van der Waals surface area (Å²) in [6.45, 7) is 0.136. The van der Waals surface area contributed by atoms with Gasteiger partial charge in [0.2, 0.25) is 0 Å². The van der Waals surface area contributed by atoms with Gasteiger partial charge in [0.25, 0.3) is 0 Å². The van der Waals surface area contributed by atoms with Crippen molar-refractivity contribution < 1.29 is 14.1 Å². The molecule has 98 valence electrons. The van der Waals surface area contributed by atoms with E-state index in [2.05, 4.69) is 15.9 Å². The Kier molecular flexibility index (Phi) is 4.11. The second-order valence-corrected chi connectivity index (χ2v) is 4.70. The minimum Gasteiger partial charge on any atom is -0.482 e. The first-order valence-electron chi connectivity index (χ1n) is 5.37. The van der Waals surface area contributed by atoms with Crippen LogP contribution in [0.1, 0.15) is 5.56 Å². The lowest BCUT2D eigenvalue weighted by atomic mass is 10.2. The Balaban J connectivity index is 2.16. The van der Waals surface area contributed by atoms with E-state index in [9.17, 15) is 14.5 Å². The van der Waals surface area contributed by atoms with E-state index >= 15 is 0 Å². The topological polar surface area (TPSA) is 52.4 Å². The summed E-state index contributed by atoms with van der Waals surface area (Å²) in [4.78, 5) is 10.3. The molecular weight excluding hydrogens is 317 g/mol. The highest BCUT2D eigenvalue weighted by atomic mass is 79.9. The smallest absolute Gasteiger partial charge is 0.311 e. The minimum absolute atomic E-state index is 0.106. The van der Waals surface area contributed by atoms with Gasteiger partial charge in [-0.25, -0.2) is 4.39 Å². The first kappa shape index (κ1) is 13.5. The van der Waals surface area contributed by atoms with Crippen LogP contribution in [-0.4, -0.2) is 4.92 Å². The maximum Gasteiger partial charge on any atom is 0.311 e. The summed E-state index contributed by atoms with van der Waals surface area (Å²) < 4.78 is 18.8. The molecule has 0 saturated heterocycles. The molecule has 6 heteroatoms. The van der Waals surface area contributed by atoms with E-state index < -0.39 is 4.92 Å². The maximum atomic E-state index is 12.7. The van der Waals surface area contributed by atoms with Gasteiger partial charge in [0, 0.05) is 16.6 Å².